The number of carbonyl (C=O) groups excluding carboxylic acids is 2. The number of carbonyl (C=O) groups is 2. The van der Waals surface area contributed by atoms with Crippen molar-refractivity contribution in [3.63, 3.8) is 0 Å². The third-order valence-corrected chi connectivity index (χ3v) is 2.28. The highest BCUT2D eigenvalue weighted by atomic mass is 16.2. The molecule has 1 atom stereocenters. The van der Waals surface area contributed by atoms with Crippen molar-refractivity contribution in [3.8, 4) is 0 Å². The standard InChI is InChI=1S/C12H17N3O2/c1-9(10-5-3-2-4-6-10)15-12(17)11(16)14-8-7-13/h2-6,9H,7-8,13H2,1H3,(H,14,16)(H,15,17). The molecule has 0 saturated carbocycles. The number of rotatable bonds is 4. The molecule has 0 aliphatic carbocycles. The van der Waals surface area contributed by atoms with E-state index in [1.165, 1.54) is 0 Å². The summed E-state index contributed by atoms with van der Waals surface area (Å²) in [4.78, 5) is 22.8. The first-order valence-electron chi connectivity index (χ1n) is 5.49. The normalized spacial score (nSPS) is 11.6. The van der Waals surface area contributed by atoms with Crippen LogP contribution < -0.4 is 16.4 Å². The minimum Gasteiger partial charge on any atom is -0.347 e. The molecule has 92 valence electrons. The zero-order chi connectivity index (χ0) is 12.7. The van der Waals surface area contributed by atoms with Crippen LogP contribution in [0, 0.1) is 0 Å². The molecule has 5 nitrogen and oxygen atoms in total. The van der Waals surface area contributed by atoms with E-state index in [0.717, 1.165) is 5.56 Å². The maximum absolute atomic E-state index is 11.5. The fourth-order valence-corrected chi connectivity index (χ4v) is 1.35. The highest BCUT2D eigenvalue weighted by Gasteiger charge is 2.15. The van der Waals surface area contributed by atoms with E-state index in [4.69, 9.17) is 5.73 Å². The smallest absolute Gasteiger partial charge is 0.309 e. The van der Waals surface area contributed by atoms with Gasteiger partial charge in [0, 0.05) is 13.1 Å². The van der Waals surface area contributed by atoms with Crippen molar-refractivity contribution in [3.05, 3.63) is 35.9 Å². The second-order valence-corrected chi connectivity index (χ2v) is 3.65. The highest BCUT2D eigenvalue weighted by Crippen LogP contribution is 2.10. The molecule has 1 rings (SSSR count). The summed E-state index contributed by atoms with van der Waals surface area (Å²) in [6, 6.07) is 9.24. The number of benzene rings is 1. The summed E-state index contributed by atoms with van der Waals surface area (Å²) >= 11 is 0. The van der Waals surface area contributed by atoms with E-state index < -0.39 is 11.8 Å². The maximum Gasteiger partial charge on any atom is 0.309 e. The van der Waals surface area contributed by atoms with E-state index in [-0.39, 0.29) is 6.04 Å². The number of hydrogen-bond donors (Lipinski definition) is 3. The lowest BCUT2D eigenvalue weighted by Crippen LogP contribution is -2.42. The van der Waals surface area contributed by atoms with Crippen LogP contribution >= 0.6 is 0 Å². The molecule has 0 saturated heterocycles. The lowest BCUT2D eigenvalue weighted by Gasteiger charge is -2.13. The Hall–Kier alpha value is -1.88. The first-order chi connectivity index (χ1) is 8.15. The molecular formula is C12H17N3O2. The van der Waals surface area contributed by atoms with Gasteiger partial charge in [0.25, 0.3) is 0 Å². The predicted molar refractivity (Wildman–Crippen MR) is 65.1 cm³/mol. The molecule has 0 spiro atoms. The average Bonchev–Trinajstić information content (AvgIpc) is 2.36. The van der Waals surface area contributed by atoms with E-state index in [9.17, 15) is 9.59 Å². The van der Waals surface area contributed by atoms with Gasteiger partial charge < -0.3 is 16.4 Å². The summed E-state index contributed by atoms with van der Waals surface area (Å²) in [5.41, 5.74) is 6.17. The van der Waals surface area contributed by atoms with Gasteiger partial charge in [-0.05, 0) is 12.5 Å². The largest absolute Gasteiger partial charge is 0.347 e. The summed E-state index contributed by atoms with van der Waals surface area (Å²) in [5.74, 6) is -1.30. The first kappa shape index (κ1) is 13.2. The third kappa shape index (κ3) is 4.24. The summed E-state index contributed by atoms with van der Waals surface area (Å²) in [5, 5.41) is 5.03. The number of amides is 2. The van der Waals surface area contributed by atoms with Gasteiger partial charge in [-0.1, -0.05) is 30.3 Å². The van der Waals surface area contributed by atoms with Gasteiger partial charge in [0.15, 0.2) is 0 Å². The van der Waals surface area contributed by atoms with Crippen molar-refractivity contribution < 1.29 is 9.59 Å². The van der Waals surface area contributed by atoms with Crippen molar-refractivity contribution >= 4 is 11.8 Å². The molecule has 17 heavy (non-hydrogen) atoms. The van der Waals surface area contributed by atoms with Gasteiger partial charge in [-0.15, -0.1) is 0 Å². The van der Waals surface area contributed by atoms with Crippen LogP contribution in [0.25, 0.3) is 0 Å². The van der Waals surface area contributed by atoms with Gasteiger partial charge in [0.2, 0.25) is 0 Å². The van der Waals surface area contributed by atoms with Crippen molar-refractivity contribution in [1.29, 1.82) is 0 Å². The van der Waals surface area contributed by atoms with E-state index in [1.807, 2.05) is 37.3 Å². The van der Waals surface area contributed by atoms with E-state index in [1.54, 1.807) is 0 Å². The fourth-order valence-electron chi connectivity index (χ4n) is 1.35. The van der Waals surface area contributed by atoms with Crippen LogP contribution in [0.4, 0.5) is 0 Å². The Balaban J connectivity index is 2.49. The molecule has 4 N–H and O–H groups in total. The molecular weight excluding hydrogens is 218 g/mol. The summed E-state index contributed by atoms with van der Waals surface area (Å²) in [7, 11) is 0. The van der Waals surface area contributed by atoms with Crippen LogP contribution in [0.1, 0.15) is 18.5 Å². The Morgan fingerprint density at radius 1 is 1.24 bits per heavy atom. The first-order valence-corrected chi connectivity index (χ1v) is 5.49. The SMILES string of the molecule is CC(NC(=O)C(=O)NCCN)c1ccccc1. The molecule has 1 aromatic carbocycles. The second kappa shape index (κ2) is 6.65. The van der Waals surface area contributed by atoms with Gasteiger partial charge in [-0.2, -0.15) is 0 Å². The van der Waals surface area contributed by atoms with Crippen molar-refractivity contribution in [2.45, 2.75) is 13.0 Å². The van der Waals surface area contributed by atoms with E-state index in [0.29, 0.717) is 13.1 Å². The average molecular weight is 235 g/mol. The van der Waals surface area contributed by atoms with Crippen molar-refractivity contribution in [2.24, 2.45) is 5.73 Å². The minimum atomic E-state index is -0.654. The predicted octanol–water partition coefficient (Wildman–Crippen LogP) is -0.0613. The quantitative estimate of drug-likeness (QED) is 0.639. The summed E-state index contributed by atoms with van der Waals surface area (Å²) in [6.07, 6.45) is 0. The van der Waals surface area contributed by atoms with Crippen LogP contribution in [-0.4, -0.2) is 24.9 Å². The fraction of sp³-hybridized carbons (Fsp3) is 0.333. The van der Waals surface area contributed by atoms with Gasteiger partial charge in [-0.25, -0.2) is 0 Å². The molecule has 2 amide bonds. The van der Waals surface area contributed by atoms with Crippen LogP contribution in [0.5, 0.6) is 0 Å². The zero-order valence-corrected chi connectivity index (χ0v) is 9.77. The number of hydrogen-bond acceptors (Lipinski definition) is 3. The highest BCUT2D eigenvalue weighted by molar-refractivity contribution is 6.35. The van der Waals surface area contributed by atoms with E-state index in [2.05, 4.69) is 10.6 Å². The van der Waals surface area contributed by atoms with Crippen molar-refractivity contribution in [1.82, 2.24) is 10.6 Å². The van der Waals surface area contributed by atoms with Crippen LogP contribution in [0.2, 0.25) is 0 Å². The third-order valence-electron chi connectivity index (χ3n) is 2.28. The van der Waals surface area contributed by atoms with Gasteiger partial charge in [-0.3, -0.25) is 9.59 Å². The molecule has 1 aromatic rings. The molecule has 5 heteroatoms. The molecule has 1 unspecified atom stereocenters. The monoisotopic (exact) mass is 235 g/mol. The molecule has 0 aromatic heterocycles. The number of nitrogens with two attached hydrogens (primary N) is 1. The Kier molecular flexibility index (Phi) is 5.16. The molecule has 0 heterocycles. The Labute approximate surface area is 100 Å². The molecule has 0 radical (unpaired) electrons. The van der Waals surface area contributed by atoms with Crippen molar-refractivity contribution in [2.75, 3.05) is 13.1 Å². The Morgan fingerprint density at radius 2 is 1.88 bits per heavy atom. The topological polar surface area (TPSA) is 84.2 Å². The number of nitrogens with one attached hydrogen (secondary N) is 2. The summed E-state index contributed by atoms with van der Waals surface area (Å²) in [6.45, 7) is 2.43. The lowest BCUT2D eigenvalue weighted by molar-refractivity contribution is -0.139. The Bertz CT molecular complexity index is 379. The van der Waals surface area contributed by atoms with Crippen LogP contribution in [-0.2, 0) is 9.59 Å². The van der Waals surface area contributed by atoms with Gasteiger partial charge >= 0.3 is 11.8 Å². The second-order valence-electron chi connectivity index (χ2n) is 3.65. The summed E-state index contributed by atoms with van der Waals surface area (Å²) < 4.78 is 0. The van der Waals surface area contributed by atoms with Crippen LogP contribution in [0.15, 0.2) is 30.3 Å². The van der Waals surface area contributed by atoms with Gasteiger partial charge in [0.05, 0.1) is 6.04 Å². The molecule has 0 bridgehead atoms. The van der Waals surface area contributed by atoms with E-state index >= 15 is 0 Å². The zero-order valence-electron chi connectivity index (χ0n) is 9.77. The minimum absolute atomic E-state index is 0.202. The lowest BCUT2D eigenvalue weighted by atomic mass is 10.1. The van der Waals surface area contributed by atoms with Gasteiger partial charge in [0.1, 0.15) is 0 Å². The maximum atomic E-state index is 11.5. The molecule has 0 fully saturated rings. The van der Waals surface area contributed by atoms with Crippen LogP contribution in [0.3, 0.4) is 0 Å². The molecule has 0 aliphatic heterocycles. The Morgan fingerprint density at radius 3 is 2.47 bits per heavy atom. The molecule has 0 aliphatic rings.